The molecule has 0 bridgehead atoms. The zero-order valence-electron chi connectivity index (χ0n) is 12.2. The van der Waals surface area contributed by atoms with Gasteiger partial charge >= 0.3 is 5.97 Å². The SMILES string of the molecule is COc1ccc(C(C)=O)cc1CSCC(=O)O[C@@H](C)C#N. The Kier molecular flexibility index (Phi) is 6.76. The normalized spacial score (nSPS) is 11.3. The summed E-state index contributed by atoms with van der Waals surface area (Å²) in [4.78, 5) is 22.8. The van der Waals surface area contributed by atoms with Gasteiger partial charge < -0.3 is 9.47 Å². The lowest BCUT2D eigenvalue weighted by molar-refractivity contribution is -0.142. The maximum absolute atomic E-state index is 11.5. The fourth-order valence-corrected chi connectivity index (χ4v) is 2.39. The molecule has 1 atom stereocenters. The number of carbonyl (C=O) groups is 2. The first-order chi connectivity index (χ1) is 9.97. The second-order valence-electron chi connectivity index (χ2n) is 4.34. The van der Waals surface area contributed by atoms with Gasteiger partial charge in [0.05, 0.1) is 12.9 Å². The van der Waals surface area contributed by atoms with Crippen molar-refractivity contribution in [3.63, 3.8) is 0 Å². The number of ketones is 1. The number of methoxy groups -OCH3 is 1. The van der Waals surface area contributed by atoms with Gasteiger partial charge in [-0.25, -0.2) is 0 Å². The van der Waals surface area contributed by atoms with Crippen LogP contribution in [-0.2, 0) is 15.3 Å². The maximum atomic E-state index is 11.5. The molecule has 0 aliphatic heterocycles. The predicted molar refractivity (Wildman–Crippen MR) is 80.3 cm³/mol. The van der Waals surface area contributed by atoms with Crippen LogP contribution in [0.25, 0.3) is 0 Å². The number of esters is 1. The van der Waals surface area contributed by atoms with Crippen molar-refractivity contribution in [2.75, 3.05) is 12.9 Å². The van der Waals surface area contributed by atoms with Crippen molar-refractivity contribution in [1.29, 1.82) is 5.26 Å². The van der Waals surface area contributed by atoms with Crippen LogP contribution in [0.3, 0.4) is 0 Å². The number of nitrogens with zero attached hydrogens (tertiary/aromatic N) is 1. The third kappa shape index (κ3) is 5.48. The van der Waals surface area contributed by atoms with E-state index in [0.717, 1.165) is 5.56 Å². The number of benzene rings is 1. The molecule has 0 aliphatic carbocycles. The van der Waals surface area contributed by atoms with E-state index >= 15 is 0 Å². The molecule has 0 fully saturated rings. The van der Waals surface area contributed by atoms with E-state index < -0.39 is 12.1 Å². The average molecular weight is 307 g/mol. The molecule has 0 saturated carbocycles. The molecule has 0 N–H and O–H groups in total. The van der Waals surface area contributed by atoms with Crippen molar-refractivity contribution in [3.05, 3.63) is 29.3 Å². The third-order valence-electron chi connectivity index (χ3n) is 2.65. The largest absolute Gasteiger partial charge is 0.496 e. The van der Waals surface area contributed by atoms with E-state index in [0.29, 0.717) is 17.1 Å². The molecule has 0 unspecified atom stereocenters. The van der Waals surface area contributed by atoms with Gasteiger partial charge in [-0.3, -0.25) is 9.59 Å². The Labute approximate surface area is 128 Å². The smallest absolute Gasteiger partial charge is 0.317 e. The second kappa shape index (κ2) is 8.32. The van der Waals surface area contributed by atoms with Crippen LogP contribution in [0.1, 0.15) is 29.8 Å². The summed E-state index contributed by atoms with van der Waals surface area (Å²) < 4.78 is 10.1. The van der Waals surface area contributed by atoms with Gasteiger partial charge in [0.15, 0.2) is 11.9 Å². The first kappa shape index (κ1) is 17.1. The summed E-state index contributed by atoms with van der Waals surface area (Å²) >= 11 is 1.34. The zero-order chi connectivity index (χ0) is 15.8. The van der Waals surface area contributed by atoms with Crippen molar-refractivity contribution in [2.24, 2.45) is 0 Å². The standard InChI is InChI=1S/C15H17NO4S/c1-10(7-16)20-15(18)9-21-8-13-6-12(11(2)17)4-5-14(13)19-3/h4-6,10H,8-9H2,1-3H3/t10-/m0/s1. The molecule has 0 heterocycles. The Morgan fingerprint density at radius 3 is 2.71 bits per heavy atom. The Morgan fingerprint density at radius 1 is 1.43 bits per heavy atom. The number of carbonyl (C=O) groups excluding carboxylic acids is 2. The van der Waals surface area contributed by atoms with Crippen LogP contribution < -0.4 is 4.74 Å². The highest BCUT2D eigenvalue weighted by atomic mass is 32.2. The van der Waals surface area contributed by atoms with Gasteiger partial charge in [-0.15, -0.1) is 11.8 Å². The van der Waals surface area contributed by atoms with Crippen molar-refractivity contribution in [1.82, 2.24) is 0 Å². The van der Waals surface area contributed by atoms with Gasteiger partial charge in [-0.2, -0.15) is 5.26 Å². The quantitative estimate of drug-likeness (QED) is 0.569. The fourth-order valence-electron chi connectivity index (χ4n) is 1.61. The lowest BCUT2D eigenvalue weighted by Gasteiger charge is -2.10. The minimum Gasteiger partial charge on any atom is -0.496 e. The predicted octanol–water partition coefficient (Wildman–Crippen LogP) is 2.59. The van der Waals surface area contributed by atoms with E-state index in [1.807, 2.05) is 6.07 Å². The highest BCUT2D eigenvalue weighted by Gasteiger charge is 2.11. The minimum absolute atomic E-state index is 0.0221. The fraction of sp³-hybridized carbons (Fsp3) is 0.400. The first-order valence-corrected chi connectivity index (χ1v) is 7.48. The molecule has 0 saturated heterocycles. The number of hydrogen-bond acceptors (Lipinski definition) is 6. The van der Waals surface area contributed by atoms with Crippen molar-refractivity contribution < 1.29 is 19.1 Å². The molecular formula is C15H17NO4S. The van der Waals surface area contributed by atoms with Crippen LogP contribution in [-0.4, -0.2) is 30.7 Å². The molecule has 0 aliphatic rings. The molecule has 0 aromatic heterocycles. The van der Waals surface area contributed by atoms with Crippen LogP contribution in [0.15, 0.2) is 18.2 Å². The summed E-state index contributed by atoms with van der Waals surface area (Å²) in [5, 5.41) is 8.56. The molecule has 5 nitrogen and oxygen atoms in total. The second-order valence-corrected chi connectivity index (χ2v) is 5.32. The van der Waals surface area contributed by atoms with Crippen LogP contribution in [0.5, 0.6) is 5.75 Å². The number of thioether (sulfide) groups is 1. The monoisotopic (exact) mass is 307 g/mol. The molecule has 1 rings (SSSR count). The Bertz CT molecular complexity index is 565. The van der Waals surface area contributed by atoms with E-state index in [1.165, 1.54) is 25.6 Å². The number of rotatable bonds is 7. The molecule has 21 heavy (non-hydrogen) atoms. The maximum Gasteiger partial charge on any atom is 0.317 e. The lowest BCUT2D eigenvalue weighted by atomic mass is 10.1. The highest BCUT2D eigenvalue weighted by molar-refractivity contribution is 7.99. The Balaban J connectivity index is 2.62. The third-order valence-corrected chi connectivity index (χ3v) is 3.61. The van der Waals surface area contributed by atoms with Crippen LogP contribution in [0, 0.1) is 11.3 Å². The van der Waals surface area contributed by atoms with Crippen molar-refractivity contribution in [3.8, 4) is 11.8 Å². The van der Waals surface area contributed by atoms with E-state index in [4.69, 9.17) is 14.7 Å². The number of ether oxygens (including phenoxy) is 2. The first-order valence-electron chi connectivity index (χ1n) is 6.32. The summed E-state index contributed by atoms with van der Waals surface area (Å²) in [5.74, 6) is 0.868. The Hall–Kier alpha value is -2.00. The van der Waals surface area contributed by atoms with E-state index in [1.54, 1.807) is 25.3 Å². The van der Waals surface area contributed by atoms with Crippen LogP contribution in [0.4, 0.5) is 0 Å². The molecule has 6 heteroatoms. The van der Waals surface area contributed by atoms with Crippen LogP contribution in [0.2, 0.25) is 0 Å². The average Bonchev–Trinajstić information content (AvgIpc) is 2.46. The summed E-state index contributed by atoms with van der Waals surface area (Å²) in [7, 11) is 1.56. The molecule has 112 valence electrons. The molecular weight excluding hydrogens is 290 g/mol. The van der Waals surface area contributed by atoms with E-state index in [2.05, 4.69) is 0 Å². The number of hydrogen-bond donors (Lipinski definition) is 0. The number of nitriles is 1. The van der Waals surface area contributed by atoms with E-state index in [-0.39, 0.29) is 11.5 Å². The highest BCUT2D eigenvalue weighted by Crippen LogP contribution is 2.25. The zero-order valence-corrected chi connectivity index (χ0v) is 13.0. The van der Waals surface area contributed by atoms with E-state index in [9.17, 15) is 9.59 Å². The van der Waals surface area contributed by atoms with Gasteiger partial charge in [-0.05, 0) is 32.0 Å². The summed E-state index contributed by atoms with van der Waals surface area (Å²) in [6.07, 6.45) is -0.742. The van der Waals surface area contributed by atoms with Crippen molar-refractivity contribution >= 4 is 23.5 Å². The summed E-state index contributed by atoms with van der Waals surface area (Å²) in [6, 6.07) is 7.04. The Morgan fingerprint density at radius 2 is 2.14 bits per heavy atom. The van der Waals surface area contributed by atoms with Crippen molar-refractivity contribution in [2.45, 2.75) is 25.7 Å². The lowest BCUT2D eigenvalue weighted by Crippen LogP contribution is -2.14. The molecule has 0 amide bonds. The topological polar surface area (TPSA) is 76.4 Å². The minimum atomic E-state index is -0.742. The molecule has 1 aromatic carbocycles. The summed E-state index contributed by atoms with van der Waals surface area (Å²) in [6.45, 7) is 3.02. The molecule has 1 aromatic rings. The van der Waals surface area contributed by atoms with Gasteiger partial charge in [0.2, 0.25) is 0 Å². The van der Waals surface area contributed by atoms with Gasteiger partial charge in [0.1, 0.15) is 11.8 Å². The number of Topliss-reactive ketones (excluding diaryl/α,β-unsaturated/α-hetero) is 1. The van der Waals surface area contributed by atoms with Gasteiger partial charge in [0, 0.05) is 16.9 Å². The summed E-state index contributed by atoms with van der Waals surface area (Å²) in [5.41, 5.74) is 1.45. The van der Waals surface area contributed by atoms with Gasteiger partial charge in [-0.1, -0.05) is 0 Å². The van der Waals surface area contributed by atoms with Gasteiger partial charge in [0.25, 0.3) is 0 Å². The van der Waals surface area contributed by atoms with Crippen LogP contribution >= 0.6 is 11.8 Å². The molecule has 0 radical (unpaired) electrons. The molecule has 0 spiro atoms.